The molecule has 0 atom stereocenters. The number of benzene rings is 1. The van der Waals surface area contributed by atoms with E-state index in [0.29, 0.717) is 45.0 Å². The van der Waals surface area contributed by atoms with E-state index in [4.69, 9.17) is 5.26 Å². The molecule has 0 aromatic heterocycles. The largest absolute Gasteiger partial charge is 0.368 e. The van der Waals surface area contributed by atoms with E-state index in [-0.39, 0.29) is 5.56 Å². The van der Waals surface area contributed by atoms with E-state index < -0.39 is 16.0 Å². The highest BCUT2D eigenvalue weighted by molar-refractivity contribution is 7.86. The van der Waals surface area contributed by atoms with Crippen LogP contribution in [0.3, 0.4) is 0 Å². The van der Waals surface area contributed by atoms with Gasteiger partial charge in [0.15, 0.2) is 0 Å². The van der Waals surface area contributed by atoms with Crippen molar-refractivity contribution in [2.24, 2.45) is 0 Å². The van der Waals surface area contributed by atoms with Crippen LogP contribution in [0, 0.1) is 17.1 Å². The second kappa shape index (κ2) is 7.25. The quantitative estimate of drug-likeness (QED) is 0.813. The second-order valence-corrected chi connectivity index (χ2v) is 7.15. The van der Waals surface area contributed by atoms with E-state index in [1.165, 1.54) is 14.7 Å². The van der Waals surface area contributed by atoms with Crippen LogP contribution in [-0.2, 0) is 10.2 Å². The number of rotatable bonds is 5. The third-order valence-electron chi connectivity index (χ3n) is 4.04. The Kier molecular flexibility index (Phi) is 5.57. The normalized spacial score (nSPS) is 16.6. The Morgan fingerprint density at radius 3 is 2.35 bits per heavy atom. The molecule has 0 amide bonds. The van der Waals surface area contributed by atoms with Crippen molar-refractivity contribution < 1.29 is 12.8 Å². The fourth-order valence-electron chi connectivity index (χ4n) is 2.76. The van der Waals surface area contributed by atoms with Crippen molar-refractivity contribution >= 4 is 15.9 Å². The van der Waals surface area contributed by atoms with Gasteiger partial charge in [0, 0.05) is 39.3 Å². The minimum Gasteiger partial charge on any atom is -0.368 e. The van der Waals surface area contributed by atoms with Gasteiger partial charge < -0.3 is 4.90 Å². The summed E-state index contributed by atoms with van der Waals surface area (Å²) < 4.78 is 41.6. The lowest BCUT2D eigenvalue weighted by molar-refractivity contribution is 0.334. The van der Waals surface area contributed by atoms with Crippen molar-refractivity contribution in [1.29, 1.82) is 5.26 Å². The number of nitrogens with zero attached hydrogens (tertiary/aromatic N) is 4. The van der Waals surface area contributed by atoms with Crippen LogP contribution < -0.4 is 4.90 Å². The molecule has 2 rings (SSSR count). The zero-order valence-corrected chi connectivity index (χ0v) is 14.2. The maximum atomic E-state index is 13.7. The summed E-state index contributed by atoms with van der Waals surface area (Å²) in [6.07, 6.45) is 0. The second-order valence-electron chi connectivity index (χ2n) is 5.22. The number of hydrogen-bond donors (Lipinski definition) is 0. The Hall–Kier alpha value is -1.69. The zero-order chi connectivity index (χ0) is 17.0. The van der Waals surface area contributed by atoms with Gasteiger partial charge in [-0.2, -0.15) is 22.3 Å². The summed E-state index contributed by atoms with van der Waals surface area (Å²) in [5.74, 6) is -0.553. The van der Waals surface area contributed by atoms with Crippen LogP contribution in [0.15, 0.2) is 18.2 Å². The highest BCUT2D eigenvalue weighted by atomic mass is 32.2. The van der Waals surface area contributed by atoms with Crippen LogP contribution in [0.4, 0.5) is 10.1 Å². The molecule has 1 aromatic carbocycles. The summed E-state index contributed by atoms with van der Waals surface area (Å²) in [4.78, 5) is 1.86. The van der Waals surface area contributed by atoms with E-state index in [2.05, 4.69) is 0 Å². The van der Waals surface area contributed by atoms with Gasteiger partial charge in [0.25, 0.3) is 10.2 Å². The van der Waals surface area contributed by atoms with Crippen LogP contribution in [0.2, 0.25) is 0 Å². The van der Waals surface area contributed by atoms with E-state index in [9.17, 15) is 12.8 Å². The van der Waals surface area contributed by atoms with Crippen LogP contribution in [0.1, 0.15) is 19.4 Å². The minimum atomic E-state index is -3.45. The van der Waals surface area contributed by atoms with Gasteiger partial charge in [0.05, 0.1) is 5.69 Å². The van der Waals surface area contributed by atoms with E-state index in [0.717, 1.165) is 0 Å². The van der Waals surface area contributed by atoms with E-state index in [1.807, 2.05) is 24.8 Å². The standard InChI is InChI=1S/C15H21FN4O2S/c1-3-19(4-2)23(21,22)20-10-8-18(9-11-20)15-7-5-6-14(16)13(15)12-17/h5-7H,3-4,8-11H2,1-2H3. The molecule has 1 aliphatic heterocycles. The minimum absolute atomic E-state index is 0.00699. The van der Waals surface area contributed by atoms with E-state index >= 15 is 0 Å². The van der Waals surface area contributed by atoms with Gasteiger partial charge in [-0.25, -0.2) is 4.39 Å². The number of anilines is 1. The molecule has 6 nitrogen and oxygen atoms in total. The van der Waals surface area contributed by atoms with Crippen molar-refractivity contribution in [1.82, 2.24) is 8.61 Å². The highest BCUT2D eigenvalue weighted by Gasteiger charge is 2.31. The van der Waals surface area contributed by atoms with Gasteiger partial charge in [0.1, 0.15) is 17.4 Å². The number of nitriles is 1. The van der Waals surface area contributed by atoms with Crippen molar-refractivity contribution in [3.63, 3.8) is 0 Å². The third kappa shape index (κ3) is 3.47. The number of piperazine rings is 1. The number of hydrogen-bond acceptors (Lipinski definition) is 4. The topological polar surface area (TPSA) is 67.7 Å². The average molecular weight is 340 g/mol. The molecule has 1 aromatic rings. The van der Waals surface area contributed by atoms with Crippen molar-refractivity contribution in [2.45, 2.75) is 13.8 Å². The molecule has 1 saturated heterocycles. The summed E-state index contributed by atoms with van der Waals surface area (Å²) in [7, 11) is -3.45. The lowest BCUT2D eigenvalue weighted by Gasteiger charge is -2.37. The molecule has 1 aliphatic rings. The first-order valence-electron chi connectivity index (χ1n) is 7.64. The third-order valence-corrected chi connectivity index (χ3v) is 6.23. The van der Waals surface area contributed by atoms with Crippen molar-refractivity contribution in [3.05, 3.63) is 29.6 Å². The van der Waals surface area contributed by atoms with Crippen LogP contribution in [-0.4, -0.2) is 56.3 Å². The van der Waals surface area contributed by atoms with Gasteiger partial charge in [-0.3, -0.25) is 0 Å². The van der Waals surface area contributed by atoms with Gasteiger partial charge in [-0.15, -0.1) is 0 Å². The smallest absolute Gasteiger partial charge is 0.282 e. The zero-order valence-electron chi connectivity index (χ0n) is 13.4. The van der Waals surface area contributed by atoms with Gasteiger partial charge in [-0.05, 0) is 12.1 Å². The molecule has 0 unspecified atom stereocenters. The molecule has 23 heavy (non-hydrogen) atoms. The highest BCUT2D eigenvalue weighted by Crippen LogP contribution is 2.24. The summed E-state index contributed by atoms with van der Waals surface area (Å²) in [6, 6.07) is 6.39. The molecule has 1 heterocycles. The molecule has 0 spiro atoms. The first-order chi connectivity index (χ1) is 11.0. The monoisotopic (exact) mass is 340 g/mol. The van der Waals surface area contributed by atoms with Gasteiger partial charge >= 0.3 is 0 Å². The van der Waals surface area contributed by atoms with Gasteiger partial charge in [0.2, 0.25) is 0 Å². The Balaban J connectivity index is 2.14. The Labute approximate surface area is 136 Å². The SMILES string of the molecule is CCN(CC)S(=O)(=O)N1CCN(c2cccc(F)c2C#N)CC1. The predicted octanol–water partition coefficient (Wildman–Crippen LogP) is 1.41. The molecule has 0 bridgehead atoms. The van der Waals surface area contributed by atoms with Crippen molar-refractivity contribution in [3.8, 4) is 6.07 Å². The number of halogens is 1. The molecule has 1 fully saturated rings. The van der Waals surface area contributed by atoms with Gasteiger partial charge in [-0.1, -0.05) is 19.9 Å². The fraction of sp³-hybridized carbons (Fsp3) is 0.533. The molecular weight excluding hydrogens is 319 g/mol. The molecule has 0 radical (unpaired) electrons. The van der Waals surface area contributed by atoms with Crippen molar-refractivity contribution in [2.75, 3.05) is 44.2 Å². The molecule has 0 N–H and O–H groups in total. The fourth-order valence-corrected chi connectivity index (χ4v) is 4.36. The Morgan fingerprint density at radius 2 is 1.83 bits per heavy atom. The first kappa shape index (κ1) is 17.7. The average Bonchev–Trinajstić information content (AvgIpc) is 2.55. The maximum absolute atomic E-state index is 13.7. The Morgan fingerprint density at radius 1 is 1.22 bits per heavy atom. The summed E-state index contributed by atoms with van der Waals surface area (Å²) in [5, 5.41) is 9.12. The molecule has 0 aliphatic carbocycles. The predicted molar refractivity (Wildman–Crippen MR) is 86.7 cm³/mol. The first-order valence-corrected chi connectivity index (χ1v) is 9.04. The lowest BCUT2D eigenvalue weighted by atomic mass is 10.1. The lowest BCUT2D eigenvalue weighted by Crippen LogP contribution is -2.53. The molecule has 0 saturated carbocycles. The maximum Gasteiger partial charge on any atom is 0.282 e. The molecular formula is C15H21FN4O2S. The summed E-state index contributed by atoms with van der Waals surface area (Å²) in [6.45, 7) is 5.98. The van der Waals surface area contributed by atoms with Crippen LogP contribution in [0.25, 0.3) is 0 Å². The summed E-state index contributed by atoms with van der Waals surface area (Å²) in [5.41, 5.74) is 0.528. The van der Waals surface area contributed by atoms with E-state index in [1.54, 1.807) is 12.1 Å². The van der Waals surface area contributed by atoms with Crippen LogP contribution >= 0.6 is 0 Å². The van der Waals surface area contributed by atoms with Crippen LogP contribution in [0.5, 0.6) is 0 Å². The Bertz CT molecular complexity index is 690. The molecule has 126 valence electrons. The molecule has 8 heteroatoms. The summed E-state index contributed by atoms with van der Waals surface area (Å²) >= 11 is 0.